The topological polar surface area (TPSA) is 41.1 Å². The summed E-state index contributed by atoms with van der Waals surface area (Å²) in [5.74, 6) is 0.841. The fraction of sp³-hybridized carbons (Fsp3) is 0.588. The number of carbonyl (C=O) groups is 1. The summed E-state index contributed by atoms with van der Waals surface area (Å²) in [7, 11) is 0. The van der Waals surface area contributed by atoms with E-state index < -0.39 is 0 Å². The summed E-state index contributed by atoms with van der Waals surface area (Å²) in [4.78, 5) is 11.9. The molecule has 110 valence electrons. The predicted molar refractivity (Wildman–Crippen MR) is 82.9 cm³/mol. The normalized spacial score (nSPS) is 21.9. The molecule has 0 bridgehead atoms. The van der Waals surface area contributed by atoms with E-state index in [2.05, 4.69) is 17.6 Å². The second kappa shape index (κ2) is 7.44. The summed E-state index contributed by atoms with van der Waals surface area (Å²) in [6.45, 7) is 5.85. The van der Waals surface area contributed by atoms with Crippen LogP contribution in [0.4, 0.5) is 0 Å². The maximum absolute atomic E-state index is 11.9. The molecule has 1 aliphatic rings. The van der Waals surface area contributed by atoms with Crippen LogP contribution in [0.2, 0.25) is 0 Å². The Labute approximate surface area is 122 Å². The molecule has 1 aromatic carbocycles. The lowest BCUT2D eigenvalue weighted by molar-refractivity contribution is 0.0953. The van der Waals surface area contributed by atoms with Crippen LogP contribution in [0, 0.1) is 12.8 Å². The Bertz CT molecular complexity index is 427. The van der Waals surface area contributed by atoms with E-state index in [1.165, 1.54) is 31.2 Å². The molecule has 1 fully saturated rings. The average molecular weight is 274 g/mol. The predicted octanol–water partition coefficient (Wildman–Crippen LogP) is 2.89. The fourth-order valence-electron chi connectivity index (χ4n) is 3.03. The quantitative estimate of drug-likeness (QED) is 0.783. The molecule has 1 amide bonds. The van der Waals surface area contributed by atoms with Crippen LogP contribution in [0.1, 0.15) is 48.5 Å². The van der Waals surface area contributed by atoms with Crippen molar-refractivity contribution < 1.29 is 4.79 Å². The highest BCUT2D eigenvalue weighted by Crippen LogP contribution is 2.27. The summed E-state index contributed by atoms with van der Waals surface area (Å²) in [5, 5.41) is 6.56. The molecule has 1 aliphatic carbocycles. The average Bonchev–Trinajstić information content (AvgIpc) is 2.91. The van der Waals surface area contributed by atoms with E-state index in [0.717, 1.165) is 18.0 Å². The Morgan fingerprint density at radius 2 is 1.95 bits per heavy atom. The number of benzene rings is 1. The highest BCUT2D eigenvalue weighted by atomic mass is 16.1. The van der Waals surface area contributed by atoms with Gasteiger partial charge >= 0.3 is 0 Å². The zero-order valence-electron chi connectivity index (χ0n) is 12.6. The van der Waals surface area contributed by atoms with Crippen molar-refractivity contribution in [1.29, 1.82) is 0 Å². The van der Waals surface area contributed by atoms with Gasteiger partial charge in [-0.3, -0.25) is 4.79 Å². The lowest BCUT2D eigenvalue weighted by Gasteiger charge is -2.19. The van der Waals surface area contributed by atoms with Gasteiger partial charge in [0.2, 0.25) is 0 Å². The SMILES string of the molecule is CCC1CCCC1NCCNC(=O)c1ccc(C)cc1. The number of nitrogens with one attached hydrogen (secondary N) is 2. The van der Waals surface area contributed by atoms with Crippen molar-refractivity contribution in [3.05, 3.63) is 35.4 Å². The van der Waals surface area contributed by atoms with E-state index in [4.69, 9.17) is 0 Å². The molecule has 2 N–H and O–H groups in total. The number of hydrogen-bond donors (Lipinski definition) is 2. The third-order valence-corrected chi connectivity index (χ3v) is 4.31. The minimum atomic E-state index is 0.0188. The van der Waals surface area contributed by atoms with Crippen LogP contribution in [0.15, 0.2) is 24.3 Å². The highest BCUT2D eigenvalue weighted by molar-refractivity contribution is 5.94. The molecule has 1 saturated carbocycles. The Balaban J connectivity index is 1.68. The Kier molecular flexibility index (Phi) is 5.60. The molecule has 3 heteroatoms. The van der Waals surface area contributed by atoms with Gasteiger partial charge in [0.15, 0.2) is 0 Å². The maximum atomic E-state index is 11.9. The van der Waals surface area contributed by atoms with Crippen LogP contribution < -0.4 is 10.6 Å². The van der Waals surface area contributed by atoms with Gasteiger partial charge in [-0.1, -0.05) is 37.5 Å². The van der Waals surface area contributed by atoms with Crippen molar-refractivity contribution in [2.45, 2.75) is 45.6 Å². The van der Waals surface area contributed by atoms with Crippen LogP contribution in [0.5, 0.6) is 0 Å². The van der Waals surface area contributed by atoms with Gasteiger partial charge in [-0.2, -0.15) is 0 Å². The molecule has 2 atom stereocenters. The first-order valence-corrected chi connectivity index (χ1v) is 7.79. The van der Waals surface area contributed by atoms with E-state index in [9.17, 15) is 4.79 Å². The molecule has 0 aliphatic heterocycles. The molecule has 2 rings (SSSR count). The van der Waals surface area contributed by atoms with Gasteiger partial charge in [0.1, 0.15) is 0 Å². The molecule has 0 saturated heterocycles. The summed E-state index contributed by atoms with van der Waals surface area (Å²) in [5.41, 5.74) is 1.91. The lowest BCUT2D eigenvalue weighted by Crippen LogP contribution is -2.38. The largest absolute Gasteiger partial charge is 0.351 e. The smallest absolute Gasteiger partial charge is 0.251 e. The van der Waals surface area contributed by atoms with Crippen molar-refractivity contribution in [1.82, 2.24) is 10.6 Å². The monoisotopic (exact) mass is 274 g/mol. The third kappa shape index (κ3) is 4.07. The van der Waals surface area contributed by atoms with Gasteiger partial charge in [-0.15, -0.1) is 0 Å². The minimum Gasteiger partial charge on any atom is -0.351 e. The van der Waals surface area contributed by atoms with Crippen LogP contribution in [-0.4, -0.2) is 25.0 Å². The van der Waals surface area contributed by atoms with Gasteiger partial charge in [-0.05, 0) is 37.8 Å². The lowest BCUT2D eigenvalue weighted by atomic mass is 10.0. The second-order valence-corrected chi connectivity index (χ2v) is 5.78. The Hall–Kier alpha value is -1.35. The molecule has 1 aromatic rings. The zero-order valence-corrected chi connectivity index (χ0v) is 12.6. The van der Waals surface area contributed by atoms with Crippen molar-refractivity contribution in [3.63, 3.8) is 0 Å². The summed E-state index contributed by atoms with van der Waals surface area (Å²) in [6, 6.07) is 8.34. The number of carbonyl (C=O) groups excluding carboxylic acids is 1. The molecule has 3 nitrogen and oxygen atoms in total. The van der Waals surface area contributed by atoms with Gasteiger partial charge < -0.3 is 10.6 Å². The van der Waals surface area contributed by atoms with Gasteiger partial charge in [0, 0.05) is 24.7 Å². The third-order valence-electron chi connectivity index (χ3n) is 4.31. The van der Waals surface area contributed by atoms with Gasteiger partial charge in [0.05, 0.1) is 0 Å². The van der Waals surface area contributed by atoms with Crippen LogP contribution >= 0.6 is 0 Å². The van der Waals surface area contributed by atoms with E-state index >= 15 is 0 Å². The first-order valence-electron chi connectivity index (χ1n) is 7.79. The second-order valence-electron chi connectivity index (χ2n) is 5.78. The first-order chi connectivity index (χ1) is 9.70. The molecular formula is C17H26N2O. The molecular weight excluding hydrogens is 248 g/mol. The number of rotatable bonds is 6. The van der Waals surface area contributed by atoms with Gasteiger partial charge in [0.25, 0.3) is 5.91 Å². The minimum absolute atomic E-state index is 0.0188. The first kappa shape index (κ1) is 15.0. The van der Waals surface area contributed by atoms with Gasteiger partial charge in [-0.25, -0.2) is 0 Å². The van der Waals surface area contributed by atoms with Crippen LogP contribution in [0.3, 0.4) is 0 Å². The van der Waals surface area contributed by atoms with E-state index in [1.807, 2.05) is 31.2 Å². The van der Waals surface area contributed by atoms with E-state index in [0.29, 0.717) is 12.6 Å². The summed E-state index contributed by atoms with van der Waals surface area (Å²) < 4.78 is 0. The zero-order chi connectivity index (χ0) is 14.4. The number of hydrogen-bond acceptors (Lipinski definition) is 2. The van der Waals surface area contributed by atoms with Crippen molar-refractivity contribution in [3.8, 4) is 0 Å². The Morgan fingerprint density at radius 1 is 1.20 bits per heavy atom. The highest BCUT2D eigenvalue weighted by Gasteiger charge is 2.24. The molecule has 0 spiro atoms. The van der Waals surface area contributed by atoms with E-state index in [1.54, 1.807) is 0 Å². The Morgan fingerprint density at radius 3 is 2.65 bits per heavy atom. The molecule has 0 radical (unpaired) electrons. The number of aryl methyl sites for hydroxylation is 1. The van der Waals surface area contributed by atoms with Crippen LogP contribution in [-0.2, 0) is 0 Å². The van der Waals surface area contributed by atoms with Crippen molar-refractivity contribution in [2.75, 3.05) is 13.1 Å². The van der Waals surface area contributed by atoms with Crippen molar-refractivity contribution >= 4 is 5.91 Å². The molecule has 20 heavy (non-hydrogen) atoms. The standard InChI is InChI=1S/C17H26N2O/c1-3-14-5-4-6-16(14)18-11-12-19-17(20)15-9-7-13(2)8-10-15/h7-10,14,16,18H,3-6,11-12H2,1-2H3,(H,19,20). The summed E-state index contributed by atoms with van der Waals surface area (Å²) >= 11 is 0. The summed E-state index contributed by atoms with van der Waals surface area (Å²) in [6.07, 6.45) is 5.23. The maximum Gasteiger partial charge on any atom is 0.251 e. The molecule has 0 heterocycles. The molecule has 2 unspecified atom stereocenters. The molecule has 0 aromatic heterocycles. The van der Waals surface area contributed by atoms with Crippen molar-refractivity contribution in [2.24, 2.45) is 5.92 Å². The fourth-order valence-corrected chi connectivity index (χ4v) is 3.03. The number of amides is 1. The van der Waals surface area contributed by atoms with E-state index in [-0.39, 0.29) is 5.91 Å². The van der Waals surface area contributed by atoms with Crippen LogP contribution in [0.25, 0.3) is 0 Å².